The van der Waals surface area contributed by atoms with Crippen molar-refractivity contribution < 1.29 is 8.78 Å². The van der Waals surface area contributed by atoms with Gasteiger partial charge in [0, 0.05) is 24.2 Å². The molecule has 0 amide bonds. The lowest BCUT2D eigenvalue weighted by molar-refractivity contribution is 0.508. The van der Waals surface area contributed by atoms with E-state index in [-0.39, 0.29) is 11.3 Å². The first-order valence-corrected chi connectivity index (χ1v) is 8.70. The quantitative estimate of drug-likeness (QED) is 0.517. The number of halogens is 2. The van der Waals surface area contributed by atoms with Gasteiger partial charge in [0.25, 0.3) is 0 Å². The van der Waals surface area contributed by atoms with Crippen LogP contribution in [0.25, 0.3) is 11.3 Å². The highest BCUT2D eigenvalue weighted by molar-refractivity contribution is 7.98. The predicted octanol–water partition coefficient (Wildman–Crippen LogP) is 3.45. The standard InChI is InChI=1S/C18H12F2N4OS/c19-14-7-6-13(10-15(14)20)23-8-9-24-16(17(23)25)21-22-18(24)26-11-12-4-2-1-3-5-12/h1-10H,11H2. The summed E-state index contributed by atoms with van der Waals surface area (Å²) in [7, 11) is 0. The fourth-order valence-corrected chi connectivity index (χ4v) is 3.40. The molecule has 0 saturated carbocycles. The molecule has 130 valence electrons. The Balaban J connectivity index is 1.69. The zero-order valence-electron chi connectivity index (χ0n) is 13.3. The van der Waals surface area contributed by atoms with E-state index in [1.54, 1.807) is 10.6 Å². The molecule has 8 heteroatoms. The van der Waals surface area contributed by atoms with Crippen molar-refractivity contribution in [2.45, 2.75) is 10.9 Å². The smallest absolute Gasteiger partial charge is 0.279 e. The molecule has 2 aromatic carbocycles. The fourth-order valence-electron chi connectivity index (χ4n) is 2.52. The molecule has 0 spiro atoms. The van der Waals surface area contributed by atoms with Gasteiger partial charge in [-0.3, -0.25) is 13.8 Å². The highest BCUT2D eigenvalue weighted by Crippen LogP contribution is 2.21. The van der Waals surface area contributed by atoms with E-state index in [2.05, 4.69) is 10.2 Å². The largest absolute Gasteiger partial charge is 0.300 e. The zero-order valence-corrected chi connectivity index (χ0v) is 14.2. The van der Waals surface area contributed by atoms with Crippen molar-refractivity contribution in [1.82, 2.24) is 19.2 Å². The van der Waals surface area contributed by atoms with Gasteiger partial charge in [-0.2, -0.15) is 0 Å². The van der Waals surface area contributed by atoms with Crippen molar-refractivity contribution >= 4 is 17.4 Å². The van der Waals surface area contributed by atoms with Gasteiger partial charge in [-0.25, -0.2) is 8.78 Å². The van der Waals surface area contributed by atoms with Crippen LogP contribution in [0, 0.1) is 11.6 Å². The van der Waals surface area contributed by atoms with E-state index in [9.17, 15) is 13.6 Å². The minimum absolute atomic E-state index is 0.118. The maximum absolute atomic E-state index is 13.4. The summed E-state index contributed by atoms with van der Waals surface area (Å²) in [5.74, 6) is -1.30. The molecule has 0 saturated heterocycles. The second-order valence-corrected chi connectivity index (χ2v) is 6.46. The Hall–Kier alpha value is -3.00. The lowest BCUT2D eigenvalue weighted by atomic mass is 10.2. The van der Waals surface area contributed by atoms with E-state index in [4.69, 9.17) is 0 Å². The second-order valence-electron chi connectivity index (χ2n) is 5.52. The molecule has 2 aromatic heterocycles. The van der Waals surface area contributed by atoms with E-state index in [0.29, 0.717) is 10.9 Å². The Kier molecular flexibility index (Phi) is 4.26. The first kappa shape index (κ1) is 16.5. The van der Waals surface area contributed by atoms with Crippen molar-refractivity contribution in [2.75, 3.05) is 0 Å². The van der Waals surface area contributed by atoms with E-state index >= 15 is 0 Å². The van der Waals surface area contributed by atoms with Crippen LogP contribution >= 0.6 is 11.8 Å². The molecule has 0 atom stereocenters. The average Bonchev–Trinajstić information content (AvgIpc) is 3.08. The Morgan fingerprint density at radius 2 is 1.77 bits per heavy atom. The van der Waals surface area contributed by atoms with Gasteiger partial charge in [-0.05, 0) is 17.7 Å². The summed E-state index contributed by atoms with van der Waals surface area (Å²) in [5.41, 5.74) is 1.01. The van der Waals surface area contributed by atoms with E-state index in [1.807, 2.05) is 30.3 Å². The molecular weight excluding hydrogens is 358 g/mol. The minimum atomic E-state index is -1.02. The predicted molar refractivity (Wildman–Crippen MR) is 94.5 cm³/mol. The third-order valence-corrected chi connectivity index (χ3v) is 4.85. The number of thioether (sulfide) groups is 1. The Labute approximate surface area is 150 Å². The highest BCUT2D eigenvalue weighted by Gasteiger charge is 2.13. The van der Waals surface area contributed by atoms with Crippen LogP contribution in [0.15, 0.2) is 70.9 Å². The van der Waals surface area contributed by atoms with Crippen LogP contribution in [0.5, 0.6) is 0 Å². The van der Waals surface area contributed by atoms with E-state index in [1.165, 1.54) is 28.6 Å². The van der Waals surface area contributed by atoms with Crippen LogP contribution in [-0.4, -0.2) is 19.2 Å². The van der Waals surface area contributed by atoms with Crippen molar-refractivity contribution in [3.8, 4) is 5.69 Å². The maximum atomic E-state index is 13.4. The van der Waals surface area contributed by atoms with Gasteiger partial charge in [-0.15, -0.1) is 10.2 Å². The lowest BCUT2D eigenvalue weighted by Gasteiger charge is -2.07. The lowest BCUT2D eigenvalue weighted by Crippen LogP contribution is -2.20. The number of aromatic nitrogens is 4. The average molecular weight is 370 g/mol. The molecule has 0 bridgehead atoms. The van der Waals surface area contributed by atoms with Gasteiger partial charge in [0.1, 0.15) is 0 Å². The van der Waals surface area contributed by atoms with Gasteiger partial charge < -0.3 is 0 Å². The molecular formula is C18H12F2N4OS. The molecule has 0 radical (unpaired) electrons. The molecule has 2 heterocycles. The molecule has 0 fully saturated rings. The summed E-state index contributed by atoms with van der Waals surface area (Å²) < 4.78 is 29.3. The number of nitrogens with zero attached hydrogens (tertiary/aromatic N) is 4. The van der Waals surface area contributed by atoms with Gasteiger partial charge in [0.15, 0.2) is 16.8 Å². The van der Waals surface area contributed by atoms with Gasteiger partial charge >= 0.3 is 5.56 Å². The van der Waals surface area contributed by atoms with Crippen LogP contribution < -0.4 is 5.56 Å². The van der Waals surface area contributed by atoms with Gasteiger partial charge in [0.05, 0.1) is 5.69 Å². The number of rotatable bonds is 4. The second kappa shape index (κ2) is 6.72. The molecule has 4 rings (SSSR count). The molecule has 4 aromatic rings. The van der Waals surface area contributed by atoms with Gasteiger partial charge in [0.2, 0.25) is 5.65 Å². The normalized spacial score (nSPS) is 11.2. The Morgan fingerprint density at radius 3 is 2.54 bits per heavy atom. The number of benzene rings is 2. The first-order chi connectivity index (χ1) is 12.6. The summed E-state index contributed by atoms with van der Waals surface area (Å²) >= 11 is 1.46. The Morgan fingerprint density at radius 1 is 0.962 bits per heavy atom. The van der Waals surface area contributed by atoms with Crippen molar-refractivity contribution in [1.29, 1.82) is 0 Å². The maximum Gasteiger partial charge on any atom is 0.300 e. The fraction of sp³-hybridized carbons (Fsp3) is 0.0556. The molecule has 26 heavy (non-hydrogen) atoms. The summed E-state index contributed by atoms with van der Waals surface area (Å²) in [6.07, 6.45) is 3.11. The Bertz CT molecular complexity index is 1140. The third kappa shape index (κ3) is 2.99. The molecule has 5 nitrogen and oxygen atoms in total. The van der Waals surface area contributed by atoms with Crippen LogP contribution in [0.4, 0.5) is 8.78 Å². The molecule has 0 aliphatic heterocycles. The van der Waals surface area contributed by atoms with Crippen LogP contribution in [0.3, 0.4) is 0 Å². The summed E-state index contributed by atoms with van der Waals surface area (Å²) in [6.45, 7) is 0. The van der Waals surface area contributed by atoms with E-state index in [0.717, 1.165) is 17.7 Å². The SMILES string of the molecule is O=c1c2nnc(SCc3ccccc3)n2ccn1-c1ccc(F)c(F)c1. The number of hydrogen-bond donors (Lipinski definition) is 0. The number of fused-ring (bicyclic) bond motifs is 1. The summed E-state index contributed by atoms with van der Waals surface area (Å²) in [4.78, 5) is 12.6. The van der Waals surface area contributed by atoms with Crippen molar-refractivity contribution in [3.05, 3.63) is 88.5 Å². The molecule has 0 unspecified atom stereocenters. The molecule has 0 aliphatic carbocycles. The zero-order chi connectivity index (χ0) is 18.1. The third-order valence-electron chi connectivity index (χ3n) is 3.83. The van der Waals surface area contributed by atoms with Crippen LogP contribution in [0.2, 0.25) is 0 Å². The summed E-state index contributed by atoms with van der Waals surface area (Å²) in [5, 5.41) is 8.60. The van der Waals surface area contributed by atoms with Crippen LogP contribution in [0.1, 0.15) is 5.56 Å². The van der Waals surface area contributed by atoms with Crippen molar-refractivity contribution in [3.63, 3.8) is 0 Å². The van der Waals surface area contributed by atoms with Gasteiger partial charge in [-0.1, -0.05) is 42.1 Å². The molecule has 0 N–H and O–H groups in total. The van der Waals surface area contributed by atoms with Crippen LogP contribution in [-0.2, 0) is 5.75 Å². The molecule has 0 aliphatic rings. The monoisotopic (exact) mass is 370 g/mol. The van der Waals surface area contributed by atoms with E-state index < -0.39 is 17.2 Å². The topological polar surface area (TPSA) is 52.2 Å². The summed E-state index contributed by atoms with van der Waals surface area (Å²) in [6, 6.07) is 13.1. The van der Waals surface area contributed by atoms with Crippen molar-refractivity contribution in [2.24, 2.45) is 0 Å². The first-order valence-electron chi connectivity index (χ1n) is 7.72. The highest BCUT2D eigenvalue weighted by atomic mass is 32.2. The number of hydrogen-bond acceptors (Lipinski definition) is 4. The minimum Gasteiger partial charge on any atom is -0.279 e.